The maximum absolute atomic E-state index is 12.2. The lowest BCUT2D eigenvalue weighted by atomic mass is 10.1. The fraction of sp³-hybridized carbons (Fsp3) is 0.462. The zero-order valence-electron chi connectivity index (χ0n) is 11.3. The molecule has 7 heteroatoms. The summed E-state index contributed by atoms with van der Waals surface area (Å²) >= 11 is 0. The first-order valence-electron chi connectivity index (χ1n) is 6.31. The van der Waals surface area contributed by atoms with Gasteiger partial charge in [0, 0.05) is 13.1 Å². The van der Waals surface area contributed by atoms with Gasteiger partial charge in [-0.3, -0.25) is 0 Å². The van der Waals surface area contributed by atoms with Crippen LogP contribution in [-0.2, 0) is 15.8 Å². The zero-order chi connectivity index (χ0) is 15.2. The van der Waals surface area contributed by atoms with E-state index in [9.17, 15) is 13.2 Å². The number of aliphatic hydroxyl groups excluding tert-OH is 1. The second-order valence-electron chi connectivity index (χ2n) is 4.38. The molecule has 0 saturated carbocycles. The Hall–Kier alpha value is -1.44. The topological polar surface area (TPSA) is 94.9 Å². The highest BCUT2D eigenvalue weighted by Crippen LogP contribution is 2.12. The molecule has 0 heterocycles. The van der Waals surface area contributed by atoms with Gasteiger partial charge in [0.2, 0.25) is 10.0 Å². The monoisotopic (exact) mass is 301 g/mol. The van der Waals surface area contributed by atoms with Crippen molar-refractivity contribution in [1.82, 2.24) is 4.31 Å². The highest BCUT2D eigenvalue weighted by molar-refractivity contribution is 7.88. The number of hydrogen-bond donors (Lipinski definition) is 2. The molecule has 0 radical (unpaired) electrons. The van der Waals surface area contributed by atoms with Crippen LogP contribution in [0.1, 0.15) is 29.3 Å². The molecule has 0 aliphatic heterocycles. The summed E-state index contributed by atoms with van der Waals surface area (Å²) in [5.74, 6) is -1.25. The van der Waals surface area contributed by atoms with Crippen LogP contribution in [0.2, 0.25) is 0 Å². The standard InChI is InChI=1S/C13H19NO5S/c1-2-7-14(8-9-15)20(18,19)10-11-3-5-12(6-4-11)13(16)17/h3-6,15H,2,7-10H2,1H3,(H,16,17). The number of benzene rings is 1. The van der Waals surface area contributed by atoms with E-state index < -0.39 is 16.0 Å². The first-order valence-corrected chi connectivity index (χ1v) is 7.92. The van der Waals surface area contributed by atoms with Gasteiger partial charge in [-0.25, -0.2) is 13.2 Å². The van der Waals surface area contributed by atoms with Crippen LogP contribution in [0.3, 0.4) is 0 Å². The van der Waals surface area contributed by atoms with Crippen molar-refractivity contribution in [3.63, 3.8) is 0 Å². The van der Waals surface area contributed by atoms with E-state index in [4.69, 9.17) is 10.2 Å². The number of aliphatic hydroxyl groups is 1. The first kappa shape index (κ1) is 16.6. The summed E-state index contributed by atoms with van der Waals surface area (Å²) < 4.78 is 25.6. The molecule has 0 saturated heterocycles. The quantitative estimate of drug-likeness (QED) is 0.744. The molecule has 0 aliphatic rings. The molecule has 0 unspecified atom stereocenters. The molecule has 2 N–H and O–H groups in total. The van der Waals surface area contributed by atoms with E-state index in [1.807, 2.05) is 6.92 Å². The Bertz CT molecular complexity index is 532. The molecule has 0 atom stereocenters. The molecular weight excluding hydrogens is 282 g/mol. The van der Waals surface area contributed by atoms with Crippen molar-refractivity contribution in [1.29, 1.82) is 0 Å². The van der Waals surface area contributed by atoms with E-state index in [2.05, 4.69) is 0 Å². The molecule has 1 aromatic rings. The molecular formula is C13H19NO5S. The predicted octanol–water partition coefficient (Wildman–Crippen LogP) is 0.919. The van der Waals surface area contributed by atoms with Gasteiger partial charge in [0.1, 0.15) is 0 Å². The van der Waals surface area contributed by atoms with Crippen molar-refractivity contribution >= 4 is 16.0 Å². The Morgan fingerprint density at radius 2 is 1.80 bits per heavy atom. The Labute approximate surface area is 118 Å². The number of hydrogen-bond acceptors (Lipinski definition) is 4. The van der Waals surface area contributed by atoms with Crippen molar-refractivity contribution in [2.24, 2.45) is 0 Å². The number of rotatable bonds is 8. The van der Waals surface area contributed by atoms with Gasteiger partial charge in [-0.1, -0.05) is 19.1 Å². The van der Waals surface area contributed by atoms with Gasteiger partial charge in [-0.2, -0.15) is 4.31 Å². The molecule has 6 nitrogen and oxygen atoms in total. The van der Waals surface area contributed by atoms with Crippen LogP contribution in [0.4, 0.5) is 0 Å². The normalized spacial score (nSPS) is 11.8. The highest BCUT2D eigenvalue weighted by atomic mass is 32.2. The van der Waals surface area contributed by atoms with Gasteiger partial charge in [-0.15, -0.1) is 0 Å². The van der Waals surface area contributed by atoms with E-state index >= 15 is 0 Å². The third kappa shape index (κ3) is 4.59. The van der Waals surface area contributed by atoms with Crippen molar-refractivity contribution in [2.75, 3.05) is 19.7 Å². The molecule has 1 aromatic carbocycles. The van der Waals surface area contributed by atoms with Crippen LogP contribution in [0, 0.1) is 0 Å². The van der Waals surface area contributed by atoms with E-state index in [0.29, 0.717) is 18.5 Å². The molecule has 0 aliphatic carbocycles. The van der Waals surface area contributed by atoms with Crippen LogP contribution in [-0.4, -0.2) is 48.6 Å². The predicted molar refractivity (Wildman–Crippen MR) is 75.0 cm³/mol. The fourth-order valence-corrected chi connectivity index (χ4v) is 3.41. The molecule has 0 bridgehead atoms. The first-order chi connectivity index (χ1) is 9.40. The second-order valence-corrected chi connectivity index (χ2v) is 6.35. The van der Waals surface area contributed by atoms with E-state index in [1.165, 1.54) is 28.6 Å². The van der Waals surface area contributed by atoms with E-state index in [1.54, 1.807) is 0 Å². The Morgan fingerprint density at radius 3 is 2.25 bits per heavy atom. The number of carboxylic acid groups (broad SMARTS) is 1. The largest absolute Gasteiger partial charge is 0.478 e. The van der Waals surface area contributed by atoms with Gasteiger partial charge in [0.15, 0.2) is 0 Å². The minimum absolute atomic E-state index is 0.0728. The molecule has 112 valence electrons. The van der Waals surface area contributed by atoms with Gasteiger partial charge in [-0.05, 0) is 24.1 Å². The van der Waals surface area contributed by atoms with Crippen LogP contribution < -0.4 is 0 Å². The lowest BCUT2D eigenvalue weighted by Gasteiger charge is -2.20. The number of carbonyl (C=O) groups is 1. The summed E-state index contributed by atoms with van der Waals surface area (Å²) in [4.78, 5) is 10.7. The maximum atomic E-state index is 12.2. The molecule has 1 rings (SSSR count). The van der Waals surface area contributed by atoms with Crippen molar-refractivity contribution in [3.8, 4) is 0 Å². The fourth-order valence-electron chi connectivity index (χ4n) is 1.80. The summed E-state index contributed by atoms with van der Waals surface area (Å²) in [5, 5.41) is 17.7. The third-order valence-electron chi connectivity index (χ3n) is 2.77. The molecule has 0 aromatic heterocycles. The molecule has 20 heavy (non-hydrogen) atoms. The van der Waals surface area contributed by atoms with E-state index in [0.717, 1.165) is 0 Å². The average Bonchev–Trinajstić information content (AvgIpc) is 2.38. The van der Waals surface area contributed by atoms with Crippen molar-refractivity contribution in [3.05, 3.63) is 35.4 Å². The van der Waals surface area contributed by atoms with E-state index in [-0.39, 0.29) is 24.5 Å². The van der Waals surface area contributed by atoms with Crippen LogP contribution in [0.15, 0.2) is 24.3 Å². The Balaban J connectivity index is 2.86. The summed E-state index contributed by atoms with van der Waals surface area (Å²) in [6, 6.07) is 5.74. The lowest BCUT2D eigenvalue weighted by molar-refractivity contribution is 0.0697. The second kappa shape index (κ2) is 7.37. The van der Waals surface area contributed by atoms with Crippen molar-refractivity contribution < 1.29 is 23.4 Å². The number of carboxylic acids is 1. The Kier molecular flexibility index (Phi) is 6.12. The summed E-state index contributed by atoms with van der Waals surface area (Å²) in [6.45, 7) is 2.07. The summed E-state index contributed by atoms with van der Waals surface area (Å²) in [7, 11) is -3.51. The minimum Gasteiger partial charge on any atom is -0.478 e. The number of aromatic carboxylic acids is 1. The van der Waals surface area contributed by atoms with Crippen LogP contribution >= 0.6 is 0 Å². The summed E-state index contributed by atoms with van der Waals surface area (Å²) in [6.07, 6.45) is 0.664. The lowest BCUT2D eigenvalue weighted by Crippen LogP contribution is -2.35. The van der Waals surface area contributed by atoms with Gasteiger partial charge in [0.05, 0.1) is 17.9 Å². The number of sulfonamides is 1. The maximum Gasteiger partial charge on any atom is 0.335 e. The van der Waals surface area contributed by atoms with Crippen molar-refractivity contribution in [2.45, 2.75) is 19.1 Å². The number of nitrogens with zero attached hydrogens (tertiary/aromatic N) is 1. The zero-order valence-corrected chi connectivity index (χ0v) is 12.1. The SMILES string of the molecule is CCCN(CCO)S(=O)(=O)Cc1ccc(C(=O)O)cc1. The Morgan fingerprint density at radius 1 is 1.20 bits per heavy atom. The molecule has 0 fully saturated rings. The molecule has 0 amide bonds. The smallest absolute Gasteiger partial charge is 0.335 e. The summed E-state index contributed by atoms with van der Waals surface area (Å²) in [5.41, 5.74) is 0.640. The average molecular weight is 301 g/mol. The third-order valence-corrected chi connectivity index (χ3v) is 4.62. The molecule has 0 spiro atoms. The van der Waals surface area contributed by atoms with Crippen LogP contribution in [0.5, 0.6) is 0 Å². The van der Waals surface area contributed by atoms with Gasteiger partial charge in [0.25, 0.3) is 0 Å². The highest BCUT2D eigenvalue weighted by Gasteiger charge is 2.21. The minimum atomic E-state index is -3.51. The van der Waals surface area contributed by atoms with Gasteiger partial charge < -0.3 is 10.2 Å². The van der Waals surface area contributed by atoms with Crippen LogP contribution in [0.25, 0.3) is 0 Å². The van der Waals surface area contributed by atoms with Gasteiger partial charge >= 0.3 is 5.97 Å².